The zero-order chi connectivity index (χ0) is 9.97. The van der Waals surface area contributed by atoms with Gasteiger partial charge >= 0.3 is 0 Å². The molecular weight excluding hydrogens is 182 g/mol. The average molecular weight is 189 g/mol. The minimum absolute atomic E-state index is 0.117. The first-order chi connectivity index (χ1) is 6.81. The number of nitroso groups, excluding NO2 is 1. The van der Waals surface area contributed by atoms with Crippen molar-refractivity contribution in [2.45, 2.75) is 0 Å². The molecule has 6 heteroatoms. The topological polar surface area (TPSA) is 86.2 Å². The Balaban J connectivity index is 2.55. The van der Waals surface area contributed by atoms with Gasteiger partial charge in [-0.15, -0.1) is 4.91 Å². The van der Waals surface area contributed by atoms with Crippen LogP contribution in [0.3, 0.4) is 0 Å². The van der Waals surface area contributed by atoms with Gasteiger partial charge in [0.05, 0.1) is 17.5 Å². The summed E-state index contributed by atoms with van der Waals surface area (Å²) >= 11 is 0. The van der Waals surface area contributed by atoms with Crippen molar-refractivity contribution in [3.05, 3.63) is 35.8 Å². The Hall–Kier alpha value is -2.24. The fraction of sp³-hybridized carbons (Fsp3) is 0. The number of hydrogen-bond donors (Lipinski definition) is 1. The molecule has 6 nitrogen and oxygen atoms in total. The van der Waals surface area contributed by atoms with E-state index in [9.17, 15) is 4.91 Å². The Bertz CT molecular complexity index is 464. The number of nitrogens with two attached hydrogens (primary N) is 1. The highest BCUT2D eigenvalue weighted by Crippen LogP contribution is 2.25. The molecule has 0 unspecified atom stereocenters. The lowest BCUT2D eigenvalue weighted by molar-refractivity contribution is 1.00. The van der Waals surface area contributed by atoms with E-state index in [4.69, 9.17) is 5.84 Å². The highest BCUT2D eigenvalue weighted by molar-refractivity contribution is 5.69. The monoisotopic (exact) mass is 189 g/mol. The van der Waals surface area contributed by atoms with Crippen LogP contribution in [0.4, 0.5) is 5.82 Å². The molecule has 14 heavy (non-hydrogen) atoms. The first kappa shape index (κ1) is 8.36. The van der Waals surface area contributed by atoms with Crippen LogP contribution in [0.5, 0.6) is 0 Å². The largest absolute Gasteiger partial charge is 0.338 e. The Labute approximate surface area is 79.4 Å². The standard InChI is InChI=1S/C8H7N5O/c9-13-4-7(11-5-13)6-2-1-3-10-8(6)12-14/h1-5H,9H2. The predicted octanol–water partition coefficient (Wildman–Crippen LogP) is 1.06. The minimum Gasteiger partial charge on any atom is -0.338 e. The second-order valence-electron chi connectivity index (χ2n) is 2.67. The van der Waals surface area contributed by atoms with Crippen LogP contribution >= 0.6 is 0 Å². The molecule has 0 aromatic carbocycles. The maximum absolute atomic E-state index is 10.4. The Morgan fingerprint density at radius 1 is 1.43 bits per heavy atom. The molecule has 0 fully saturated rings. The van der Waals surface area contributed by atoms with Crippen molar-refractivity contribution >= 4 is 5.82 Å². The zero-order valence-corrected chi connectivity index (χ0v) is 7.16. The Kier molecular flexibility index (Phi) is 1.94. The molecule has 0 atom stereocenters. The van der Waals surface area contributed by atoms with Crippen LogP contribution in [0.1, 0.15) is 0 Å². The van der Waals surface area contributed by atoms with Gasteiger partial charge in [0.1, 0.15) is 6.33 Å². The van der Waals surface area contributed by atoms with Gasteiger partial charge in [-0.3, -0.25) is 4.68 Å². The highest BCUT2D eigenvalue weighted by atomic mass is 16.3. The summed E-state index contributed by atoms with van der Waals surface area (Å²) in [7, 11) is 0. The van der Waals surface area contributed by atoms with E-state index in [-0.39, 0.29) is 5.82 Å². The minimum atomic E-state index is 0.117. The molecule has 0 aliphatic heterocycles. The van der Waals surface area contributed by atoms with Crippen LogP contribution in [0.15, 0.2) is 36.0 Å². The number of pyridine rings is 1. The summed E-state index contributed by atoms with van der Waals surface area (Å²) in [4.78, 5) is 18.2. The molecule has 0 radical (unpaired) electrons. The van der Waals surface area contributed by atoms with Crippen molar-refractivity contribution in [2.75, 3.05) is 5.84 Å². The molecule has 70 valence electrons. The molecule has 0 bridgehead atoms. The number of aromatic nitrogens is 3. The number of nitrogens with zero attached hydrogens (tertiary/aromatic N) is 4. The van der Waals surface area contributed by atoms with Gasteiger partial charge in [-0.1, -0.05) is 0 Å². The fourth-order valence-corrected chi connectivity index (χ4v) is 1.15. The molecular formula is C8H7N5O. The lowest BCUT2D eigenvalue weighted by atomic mass is 10.2. The summed E-state index contributed by atoms with van der Waals surface area (Å²) in [5.74, 6) is 5.55. The van der Waals surface area contributed by atoms with Gasteiger partial charge in [-0.25, -0.2) is 9.97 Å². The van der Waals surface area contributed by atoms with Crippen LogP contribution in [0.25, 0.3) is 11.3 Å². The van der Waals surface area contributed by atoms with Gasteiger partial charge in [-0.05, 0) is 17.3 Å². The Morgan fingerprint density at radius 2 is 2.29 bits per heavy atom. The lowest BCUT2D eigenvalue weighted by Crippen LogP contribution is -2.02. The van der Waals surface area contributed by atoms with E-state index in [1.807, 2.05) is 0 Å². The molecule has 0 aliphatic rings. The second-order valence-corrected chi connectivity index (χ2v) is 2.67. The highest BCUT2D eigenvalue weighted by Gasteiger charge is 2.08. The van der Waals surface area contributed by atoms with E-state index in [0.717, 1.165) is 0 Å². The summed E-state index contributed by atoms with van der Waals surface area (Å²) in [6, 6.07) is 3.42. The number of rotatable bonds is 2. The van der Waals surface area contributed by atoms with E-state index >= 15 is 0 Å². The maximum atomic E-state index is 10.4. The quantitative estimate of drug-likeness (QED) is 0.565. The van der Waals surface area contributed by atoms with Crippen LogP contribution in [0.2, 0.25) is 0 Å². The third-order valence-electron chi connectivity index (χ3n) is 1.75. The van der Waals surface area contributed by atoms with Crippen molar-refractivity contribution in [1.82, 2.24) is 14.6 Å². The van der Waals surface area contributed by atoms with Crippen LogP contribution in [-0.2, 0) is 0 Å². The summed E-state index contributed by atoms with van der Waals surface area (Å²) < 4.78 is 1.30. The Morgan fingerprint density at radius 3 is 2.93 bits per heavy atom. The molecule has 0 spiro atoms. The number of imidazole rings is 1. The van der Waals surface area contributed by atoms with Crippen LogP contribution in [-0.4, -0.2) is 14.6 Å². The van der Waals surface area contributed by atoms with Crippen LogP contribution < -0.4 is 5.84 Å². The van der Waals surface area contributed by atoms with Crippen molar-refractivity contribution in [1.29, 1.82) is 0 Å². The van der Waals surface area contributed by atoms with Gasteiger partial charge in [0.15, 0.2) is 0 Å². The summed E-state index contributed by atoms with van der Waals surface area (Å²) in [6.07, 6.45) is 4.53. The van der Waals surface area contributed by atoms with E-state index in [1.54, 1.807) is 18.3 Å². The molecule has 0 saturated carbocycles. The van der Waals surface area contributed by atoms with E-state index < -0.39 is 0 Å². The van der Waals surface area contributed by atoms with E-state index in [0.29, 0.717) is 11.3 Å². The van der Waals surface area contributed by atoms with Gasteiger partial charge in [0, 0.05) is 6.20 Å². The third-order valence-corrected chi connectivity index (χ3v) is 1.75. The van der Waals surface area contributed by atoms with Crippen molar-refractivity contribution in [3.8, 4) is 11.3 Å². The summed E-state index contributed by atoms with van der Waals surface area (Å²) in [5.41, 5.74) is 1.15. The third kappa shape index (κ3) is 1.33. The van der Waals surface area contributed by atoms with Crippen molar-refractivity contribution in [3.63, 3.8) is 0 Å². The lowest BCUT2D eigenvalue weighted by Gasteiger charge is -1.96. The van der Waals surface area contributed by atoms with Gasteiger partial charge in [0.25, 0.3) is 0 Å². The SMILES string of the molecule is Nn1cnc(-c2cccnc2N=O)c1. The smallest absolute Gasteiger partial charge is 0.206 e. The molecule has 2 rings (SSSR count). The number of hydrogen-bond acceptors (Lipinski definition) is 5. The molecule has 2 heterocycles. The first-order valence-electron chi connectivity index (χ1n) is 3.89. The predicted molar refractivity (Wildman–Crippen MR) is 51.1 cm³/mol. The average Bonchev–Trinajstić information content (AvgIpc) is 2.65. The molecule has 2 aromatic rings. The van der Waals surface area contributed by atoms with E-state index in [2.05, 4.69) is 15.1 Å². The fourth-order valence-electron chi connectivity index (χ4n) is 1.15. The van der Waals surface area contributed by atoms with Gasteiger partial charge < -0.3 is 5.84 Å². The van der Waals surface area contributed by atoms with Crippen molar-refractivity contribution in [2.24, 2.45) is 5.18 Å². The molecule has 0 aliphatic carbocycles. The number of nitrogen functional groups attached to an aromatic ring is 1. The second kappa shape index (κ2) is 3.25. The first-order valence-corrected chi connectivity index (χ1v) is 3.89. The van der Waals surface area contributed by atoms with Crippen LogP contribution in [0, 0.1) is 4.91 Å². The summed E-state index contributed by atoms with van der Waals surface area (Å²) in [6.45, 7) is 0. The molecule has 0 saturated heterocycles. The maximum Gasteiger partial charge on any atom is 0.206 e. The zero-order valence-electron chi connectivity index (χ0n) is 7.16. The van der Waals surface area contributed by atoms with Gasteiger partial charge in [0.2, 0.25) is 5.82 Å². The van der Waals surface area contributed by atoms with E-state index in [1.165, 1.54) is 17.2 Å². The summed E-state index contributed by atoms with van der Waals surface area (Å²) in [5, 5.41) is 2.80. The normalized spacial score (nSPS) is 10.0. The molecule has 0 amide bonds. The van der Waals surface area contributed by atoms with Gasteiger partial charge in [-0.2, -0.15) is 0 Å². The molecule has 2 N–H and O–H groups in total. The molecule has 2 aromatic heterocycles. The van der Waals surface area contributed by atoms with Crippen molar-refractivity contribution < 1.29 is 0 Å².